The summed E-state index contributed by atoms with van der Waals surface area (Å²) >= 11 is 0. The Labute approximate surface area is 67.2 Å². The maximum atomic E-state index is 9.96. The van der Waals surface area contributed by atoms with Gasteiger partial charge in [-0.05, 0) is 14.1 Å². The van der Waals surface area contributed by atoms with Gasteiger partial charge in [0.2, 0.25) is 0 Å². The first kappa shape index (κ1) is 12.2. The predicted octanol–water partition coefficient (Wildman–Crippen LogP) is -1.26. The summed E-state index contributed by atoms with van der Waals surface area (Å²) in [6.45, 7) is 0. The van der Waals surface area contributed by atoms with Gasteiger partial charge in [-0.3, -0.25) is 9.45 Å². The third-order valence-electron chi connectivity index (χ3n) is 0.421. The molecule has 0 rings (SSSR count). The zero-order valence-electron chi connectivity index (χ0n) is 4.83. The Morgan fingerprint density at radius 1 is 1.44 bits per heavy atom. The molecule has 0 aromatic carbocycles. The third kappa shape index (κ3) is 11.8. The average Bonchev–Trinajstić information content (AvgIpc) is 1.21. The molecule has 0 atom stereocenters. The molecule has 0 fully saturated rings. The molecule has 4 nitrogen and oxygen atoms in total. The molecule has 0 saturated carbocycles. The molecule has 52 valence electrons. The summed E-state index contributed by atoms with van der Waals surface area (Å²) in [6.07, 6.45) is 0. The number of hydrogen-bond acceptors (Lipinski definition) is 3. The molecule has 9 heavy (non-hydrogen) atoms. The quantitative estimate of drug-likeness (QED) is 0.391. The zero-order chi connectivity index (χ0) is 6.78. The van der Waals surface area contributed by atoms with E-state index in [0.29, 0.717) is 0 Å². The SMILES string of the molecule is CN(C)CS(=O)(=O)O.[LiH]. The van der Waals surface area contributed by atoms with Gasteiger partial charge in [-0.1, -0.05) is 0 Å². The molecule has 6 heteroatoms. The average molecular weight is 147 g/mol. The van der Waals surface area contributed by atoms with Crippen molar-refractivity contribution in [2.75, 3.05) is 20.0 Å². The van der Waals surface area contributed by atoms with Crippen LogP contribution >= 0.6 is 0 Å². The van der Waals surface area contributed by atoms with Gasteiger partial charge in [0, 0.05) is 0 Å². The monoisotopic (exact) mass is 147 g/mol. The van der Waals surface area contributed by atoms with E-state index in [4.69, 9.17) is 4.55 Å². The fraction of sp³-hybridized carbons (Fsp3) is 1.00. The van der Waals surface area contributed by atoms with Crippen LogP contribution in [-0.4, -0.2) is 56.7 Å². The van der Waals surface area contributed by atoms with E-state index in [1.807, 2.05) is 0 Å². The van der Waals surface area contributed by atoms with Gasteiger partial charge in [0.25, 0.3) is 10.1 Å². The van der Waals surface area contributed by atoms with Crippen LogP contribution in [0.25, 0.3) is 0 Å². The van der Waals surface area contributed by atoms with Gasteiger partial charge in [-0.2, -0.15) is 8.42 Å². The van der Waals surface area contributed by atoms with E-state index in [1.54, 1.807) is 14.1 Å². The van der Waals surface area contributed by atoms with E-state index in [1.165, 1.54) is 4.90 Å². The van der Waals surface area contributed by atoms with Crippen LogP contribution < -0.4 is 0 Å². The Bertz CT molecular complexity index is 152. The van der Waals surface area contributed by atoms with Crippen molar-refractivity contribution in [3.8, 4) is 0 Å². The van der Waals surface area contributed by atoms with E-state index in [2.05, 4.69) is 0 Å². The van der Waals surface area contributed by atoms with Crippen molar-refractivity contribution in [1.82, 2.24) is 4.90 Å². The zero-order valence-corrected chi connectivity index (χ0v) is 5.64. The van der Waals surface area contributed by atoms with Crippen LogP contribution in [0.3, 0.4) is 0 Å². The predicted molar refractivity (Wildman–Crippen MR) is 37.3 cm³/mol. The van der Waals surface area contributed by atoms with Crippen molar-refractivity contribution >= 4 is 29.0 Å². The van der Waals surface area contributed by atoms with Gasteiger partial charge in [0.05, 0.1) is 0 Å². The molecule has 0 aliphatic carbocycles. The van der Waals surface area contributed by atoms with Crippen molar-refractivity contribution in [3.05, 3.63) is 0 Å². The molecule has 0 heterocycles. The summed E-state index contributed by atoms with van der Waals surface area (Å²) in [5.74, 6) is -0.312. The molecular formula is C3H10LiNO3S. The molecule has 0 aromatic heterocycles. The topological polar surface area (TPSA) is 57.6 Å². The van der Waals surface area contributed by atoms with Crippen LogP contribution in [0, 0.1) is 0 Å². The van der Waals surface area contributed by atoms with Crippen molar-refractivity contribution in [2.45, 2.75) is 0 Å². The summed E-state index contributed by atoms with van der Waals surface area (Å²) < 4.78 is 28.0. The molecule has 0 bridgehead atoms. The number of rotatable bonds is 2. The third-order valence-corrected chi connectivity index (χ3v) is 1.26. The van der Waals surface area contributed by atoms with E-state index in [9.17, 15) is 8.42 Å². The molecular weight excluding hydrogens is 137 g/mol. The van der Waals surface area contributed by atoms with Crippen molar-refractivity contribution in [2.24, 2.45) is 0 Å². The minimum atomic E-state index is -3.80. The van der Waals surface area contributed by atoms with Crippen LogP contribution in [0.1, 0.15) is 0 Å². The number of nitrogens with zero attached hydrogens (tertiary/aromatic N) is 1. The summed E-state index contributed by atoms with van der Waals surface area (Å²) in [4.78, 5) is 1.37. The molecule has 0 spiro atoms. The molecule has 0 unspecified atom stereocenters. The second-order valence-corrected chi connectivity index (χ2v) is 3.21. The maximum absolute atomic E-state index is 9.96. The van der Waals surface area contributed by atoms with Gasteiger partial charge >= 0.3 is 18.9 Å². The van der Waals surface area contributed by atoms with Gasteiger partial charge in [0.15, 0.2) is 0 Å². The standard InChI is InChI=1S/C3H9NO3S.Li.H/c1-4(2)3-8(5,6)7;;/h3H2,1-2H3,(H,5,6,7);;. The molecule has 1 N–H and O–H groups in total. The van der Waals surface area contributed by atoms with Crippen LogP contribution in [0.2, 0.25) is 0 Å². The Morgan fingerprint density at radius 2 is 1.78 bits per heavy atom. The summed E-state index contributed by atoms with van der Waals surface area (Å²) in [5.41, 5.74) is 0. The van der Waals surface area contributed by atoms with Gasteiger partial charge < -0.3 is 0 Å². The summed E-state index contributed by atoms with van der Waals surface area (Å²) in [7, 11) is -0.671. The van der Waals surface area contributed by atoms with Gasteiger partial charge in [0.1, 0.15) is 5.88 Å². The Hall–Kier alpha value is 0.467. The van der Waals surface area contributed by atoms with Crippen LogP contribution in [0.5, 0.6) is 0 Å². The Balaban J connectivity index is 0. The van der Waals surface area contributed by atoms with Crippen LogP contribution in [-0.2, 0) is 10.1 Å². The first-order chi connectivity index (χ1) is 3.42. The van der Waals surface area contributed by atoms with Crippen LogP contribution in [0.15, 0.2) is 0 Å². The van der Waals surface area contributed by atoms with Crippen molar-refractivity contribution < 1.29 is 13.0 Å². The fourth-order valence-electron chi connectivity index (χ4n) is 0.326. The second-order valence-electron chi connectivity index (χ2n) is 1.79. The Kier molecular flexibility index (Phi) is 5.83. The van der Waals surface area contributed by atoms with Gasteiger partial charge in [-0.25, -0.2) is 0 Å². The molecule has 0 amide bonds. The first-order valence-corrected chi connectivity index (χ1v) is 3.62. The summed E-state index contributed by atoms with van der Waals surface area (Å²) in [6, 6.07) is 0. The normalized spacial score (nSPS) is 11.1. The van der Waals surface area contributed by atoms with Gasteiger partial charge in [-0.15, -0.1) is 0 Å². The fourth-order valence-corrected chi connectivity index (χ4v) is 0.979. The number of hydrogen-bond donors (Lipinski definition) is 1. The van der Waals surface area contributed by atoms with Crippen LogP contribution in [0.4, 0.5) is 0 Å². The molecule has 0 aliphatic heterocycles. The van der Waals surface area contributed by atoms with Crippen molar-refractivity contribution in [1.29, 1.82) is 0 Å². The molecule has 0 aliphatic rings. The minimum absolute atomic E-state index is 0. The molecule has 0 aromatic rings. The van der Waals surface area contributed by atoms with Crippen molar-refractivity contribution in [3.63, 3.8) is 0 Å². The second kappa shape index (κ2) is 4.31. The van der Waals surface area contributed by atoms with E-state index >= 15 is 0 Å². The van der Waals surface area contributed by atoms with E-state index < -0.39 is 10.1 Å². The molecule has 0 saturated heterocycles. The summed E-state index contributed by atoms with van der Waals surface area (Å²) in [5, 5.41) is 0. The first-order valence-electron chi connectivity index (χ1n) is 2.02. The molecule has 0 radical (unpaired) electrons. The Morgan fingerprint density at radius 3 is 1.78 bits per heavy atom. The van der Waals surface area contributed by atoms with E-state index in [0.717, 1.165) is 0 Å². The van der Waals surface area contributed by atoms with E-state index in [-0.39, 0.29) is 24.7 Å².